The van der Waals surface area contributed by atoms with Crippen LogP contribution in [0.5, 0.6) is 0 Å². The summed E-state index contributed by atoms with van der Waals surface area (Å²) in [5, 5.41) is 3.14. The fourth-order valence-electron chi connectivity index (χ4n) is 2.47. The molecule has 6 heteroatoms. The fraction of sp³-hybridized carbons (Fsp3) is 0.500. The van der Waals surface area contributed by atoms with Crippen LogP contribution in [0.3, 0.4) is 0 Å². The molecule has 1 aliphatic rings. The molecule has 1 fully saturated rings. The van der Waals surface area contributed by atoms with E-state index in [4.69, 9.17) is 0 Å². The molecule has 2 rings (SSSR count). The number of sulfone groups is 1. The molecule has 1 heterocycles. The Morgan fingerprint density at radius 3 is 2.72 bits per heavy atom. The van der Waals surface area contributed by atoms with Crippen molar-refractivity contribution in [3.63, 3.8) is 0 Å². The van der Waals surface area contributed by atoms with E-state index in [1.807, 2.05) is 0 Å². The van der Waals surface area contributed by atoms with Crippen LogP contribution in [-0.4, -0.2) is 27.0 Å². The van der Waals surface area contributed by atoms with E-state index < -0.39 is 9.84 Å². The highest BCUT2D eigenvalue weighted by molar-refractivity contribution is 9.10. The average molecular weight is 336 g/mol. The van der Waals surface area contributed by atoms with Crippen molar-refractivity contribution in [3.05, 3.63) is 34.1 Å². The van der Waals surface area contributed by atoms with Crippen molar-refractivity contribution < 1.29 is 12.8 Å². The van der Waals surface area contributed by atoms with Gasteiger partial charge in [0.25, 0.3) is 0 Å². The van der Waals surface area contributed by atoms with Gasteiger partial charge in [-0.3, -0.25) is 0 Å². The molecule has 1 aromatic rings. The minimum atomic E-state index is -2.90. The van der Waals surface area contributed by atoms with Gasteiger partial charge in [-0.15, -0.1) is 0 Å². The Balaban J connectivity index is 2.26. The largest absolute Gasteiger partial charge is 0.313 e. The summed E-state index contributed by atoms with van der Waals surface area (Å²) in [5.74, 6) is 0.191. The van der Waals surface area contributed by atoms with Gasteiger partial charge in [-0.05, 0) is 53.0 Å². The molecule has 1 aliphatic heterocycles. The monoisotopic (exact) mass is 335 g/mol. The number of halogens is 2. The normalized spacial score (nSPS) is 24.1. The zero-order valence-corrected chi connectivity index (χ0v) is 12.4. The van der Waals surface area contributed by atoms with Crippen LogP contribution in [0.15, 0.2) is 22.7 Å². The smallest absolute Gasteiger partial charge is 0.150 e. The number of nitrogens with one attached hydrogen (secondary N) is 1. The van der Waals surface area contributed by atoms with Crippen LogP contribution in [0.1, 0.15) is 18.0 Å². The lowest BCUT2D eigenvalue weighted by Gasteiger charge is -2.22. The maximum Gasteiger partial charge on any atom is 0.150 e. The molecular weight excluding hydrogens is 321 g/mol. The summed E-state index contributed by atoms with van der Waals surface area (Å²) in [6.07, 6.45) is 0.656. The molecule has 0 amide bonds. The summed E-state index contributed by atoms with van der Waals surface area (Å²) < 4.78 is 36.6. The third-order valence-electron chi connectivity index (χ3n) is 3.35. The van der Waals surface area contributed by atoms with Crippen molar-refractivity contribution in [2.75, 3.05) is 18.6 Å². The van der Waals surface area contributed by atoms with E-state index in [1.165, 1.54) is 6.07 Å². The Labute approximate surface area is 115 Å². The van der Waals surface area contributed by atoms with Gasteiger partial charge in [0, 0.05) is 6.04 Å². The highest BCUT2D eigenvalue weighted by Gasteiger charge is 2.33. The van der Waals surface area contributed by atoms with E-state index >= 15 is 0 Å². The van der Waals surface area contributed by atoms with E-state index in [1.54, 1.807) is 19.2 Å². The van der Waals surface area contributed by atoms with E-state index in [0.717, 1.165) is 5.56 Å². The Hall–Kier alpha value is -0.460. The molecule has 100 valence electrons. The quantitative estimate of drug-likeness (QED) is 0.921. The summed E-state index contributed by atoms with van der Waals surface area (Å²) in [7, 11) is -1.10. The standard InChI is InChI=1S/C12H15BrFNO2S/c1-15-12(9-4-5-18(16,17)7-9)8-2-3-11(14)10(13)6-8/h2-3,6,9,12,15H,4-5,7H2,1H3. The summed E-state index contributed by atoms with van der Waals surface area (Å²) in [5.41, 5.74) is 0.910. The van der Waals surface area contributed by atoms with Crippen molar-refractivity contribution in [3.8, 4) is 0 Å². The number of rotatable bonds is 3. The molecule has 0 saturated carbocycles. The van der Waals surface area contributed by atoms with Gasteiger partial charge in [0.2, 0.25) is 0 Å². The highest BCUT2D eigenvalue weighted by Crippen LogP contribution is 2.32. The van der Waals surface area contributed by atoms with Gasteiger partial charge >= 0.3 is 0 Å². The predicted octanol–water partition coefficient (Wildman–Crippen LogP) is 2.28. The lowest BCUT2D eigenvalue weighted by atomic mass is 9.93. The van der Waals surface area contributed by atoms with E-state index in [2.05, 4.69) is 21.2 Å². The summed E-state index contributed by atoms with van der Waals surface area (Å²) in [4.78, 5) is 0. The minimum absolute atomic E-state index is 0.0531. The van der Waals surface area contributed by atoms with Crippen LogP contribution in [0, 0.1) is 11.7 Å². The van der Waals surface area contributed by atoms with Gasteiger partial charge in [-0.1, -0.05) is 6.07 Å². The molecule has 1 aromatic carbocycles. The molecule has 2 atom stereocenters. The first kappa shape index (κ1) is 14.0. The van der Waals surface area contributed by atoms with E-state index in [-0.39, 0.29) is 29.3 Å². The second kappa shape index (κ2) is 5.27. The lowest BCUT2D eigenvalue weighted by molar-refractivity contribution is 0.418. The van der Waals surface area contributed by atoms with Gasteiger partial charge in [0.15, 0.2) is 9.84 Å². The van der Waals surface area contributed by atoms with Crippen molar-refractivity contribution in [2.45, 2.75) is 12.5 Å². The molecule has 1 N–H and O–H groups in total. The van der Waals surface area contributed by atoms with Gasteiger partial charge in [0.1, 0.15) is 5.82 Å². The molecule has 3 nitrogen and oxygen atoms in total. The number of benzene rings is 1. The third kappa shape index (κ3) is 2.92. The summed E-state index contributed by atoms with van der Waals surface area (Å²) in [6.45, 7) is 0. The molecule has 0 aromatic heterocycles. The van der Waals surface area contributed by atoms with E-state index in [0.29, 0.717) is 10.9 Å². The number of hydrogen-bond acceptors (Lipinski definition) is 3. The molecule has 2 unspecified atom stereocenters. The Kier molecular flexibility index (Phi) is 4.08. The molecule has 18 heavy (non-hydrogen) atoms. The summed E-state index contributed by atoms with van der Waals surface area (Å²) in [6, 6.07) is 4.75. The van der Waals surface area contributed by atoms with Gasteiger partial charge in [-0.25, -0.2) is 12.8 Å². The van der Waals surface area contributed by atoms with Crippen LogP contribution in [0.2, 0.25) is 0 Å². The van der Waals surface area contributed by atoms with Crippen LogP contribution in [0.4, 0.5) is 4.39 Å². The zero-order chi connectivity index (χ0) is 13.3. The summed E-state index contributed by atoms with van der Waals surface area (Å²) >= 11 is 3.15. The highest BCUT2D eigenvalue weighted by atomic mass is 79.9. The Morgan fingerprint density at radius 2 is 2.22 bits per heavy atom. The average Bonchev–Trinajstić information content (AvgIpc) is 2.65. The first-order valence-corrected chi connectivity index (χ1v) is 8.37. The van der Waals surface area contributed by atoms with Crippen molar-refractivity contribution in [1.82, 2.24) is 5.32 Å². The first-order valence-electron chi connectivity index (χ1n) is 5.75. The van der Waals surface area contributed by atoms with E-state index in [9.17, 15) is 12.8 Å². The van der Waals surface area contributed by atoms with Gasteiger partial charge < -0.3 is 5.32 Å². The molecular formula is C12H15BrFNO2S. The van der Waals surface area contributed by atoms with Gasteiger partial charge in [-0.2, -0.15) is 0 Å². The second-order valence-electron chi connectivity index (χ2n) is 4.60. The molecule has 0 bridgehead atoms. The SMILES string of the molecule is CNC(c1ccc(F)c(Br)c1)C1CCS(=O)(=O)C1. The molecule has 0 radical (unpaired) electrons. The van der Waals surface area contributed by atoms with Crippen LogP contribution < -0.4 is 5.32 Å². The molecule has 0 aliphatic carbocycles. The van der Waals surface area contributed by atoms with Crippen molar-refractivity contribution in [2.24, 2.45) is 5.92 Å². The molecule has 0 spiro atoms. The number of hydrogen-bond donors (Lipinski definition) is 1. The minimum Gasteiger partial charge on any atom is -0.313 e. The van der Waals surface area contributed by atoms with Crippen molar-refractivity contribution in [1.29, 1.82) is 0 Å². The topological polar surface area (TPSA) is 46.2 Å². The second-order valence-corrected chi connectivity index (χ2v) is 7.69. The van der Waals surface area contributed by atoms with Gasteiger partial charge in [0.05, 0.1) is 16.0 Å². The van der Waals surface area contributed by atoms with Crippen molar-refractivity contribution >= 4 is 25.8 Å². The Morgan fingerprint density at radius 1 is 1.50 bits per heavy atom. The lowest BCUT2D eigenvalue weighted by Crippen LogP contribution is -2.26. The van der Waals surface area contributed by atoms with Crippen LogP contribution in [-0.2, 0) is 9.84 Å². The van der Waals surface area contributed by atoms with Crippen LogP contribution in [0.25, 0.3) is 0 Å². The predicted molar refractivity (Wildman–Crippen MR) is 72.7 cm³/mol. The molecule has 1 saturated heterocycles. The Bertz CT molecular complexity index is 547. The first-order chi connectivity index (χ1) is 8.43. The third-order valence-corrected chi connectivity index (χ3v) is 5.75. The maximum atomic E-state index is 13.2. The maximum absolute atomic E-state index is 13.2. The fourth-order valence-corrected chi connectivity index (χ4v) is 4.70. The van der Waals surface area contributed by atoms with Crippen LogP contribution >= 0.6 is 15.9 Å². The zero-order valence-electron chi connectivity index (χ0n) is 9.99.